The SMILES string of the molecule is Cc1ccc(C#N)c(NCCOCCO)n1. The van der Waals surface area contributed by atoms with Gasteiger partial charge in [0.15, 0.2) is 0 Å². The highest BCUT2D eigenvalue weighted by Gasteiger charge is 2.02. The van der Waals surface area contributed by atoms with Crippen LogP contribution in [0.4, 0.5) is 5.82 Å². The third kappa shape index (κ3) is 3.85. The van der Waals surface area contributed by atoms with Crippen molar-refractivity contribution in [2.45, 2.75) is 6.92 Å². The van der Waals surface area contributed by atoms with Crippen LogP contribution < -0.4 is 5.32 Å². The molecule has 0 aliphatic carbocycles. The Hall–Kier alpha value is -1.64. The Bertz CT molecular complexity index is 374. The number of hydrogen-bond acceptors (Lipinski definition) is 5. The predicted octanol–water partition coefficient (Wildman–Crippen LogP) is 0.682. The molecule has 1 rings (SSSR count). The van der Waals surface area contributed by atoms with E-state index in [0.29, 0.717) is 31.1 Å². The van der Waals surface area contributed by atoms with E-state index in [1.54, 1.807) is 12.1 Å². The van der Waals surface area contributed by atoms with Crippen LogP contribution in [0.2, 0.25) is 0 Å². The summed E-state index contributed by atoms with van der Waals surface area (Å²) in [7, 11) is 0. The first-order valence-electron chi connectivity index (χ1n) is 5.08. The number of nitriles is 1. The lowest BCUT2D eigenvalue weighted by Crippen LogP contribution is -2.13. The summed E-state index contributed by atoms with van der Waals surface area (Å²) in [6.45, 7) is 3.25. The summed E-state index contributed by atoms with van der Waals surface area (Å²) in [5.41, 5.74) is 1.38. The highest BCUT2D eigenvalue weighted by Crippen LogP contribution is 2.11. The maximum absolute atomic E-state index is 8.86. The van der Waals surface area contributed by atoms with Gasteiger partial charge in [-0.25, -0.2) is 4.98 Å². The van der Waals surface area contributed by atoms with Gasteiger partial charge >= 0.3 is 0 Å². The van der Waals surface area contributed by atoms with E-state index in [1.807, 2.05) is 6.92 Å². The molecule has 0 unspecified atom stereocenters. The molecule has 5 nitrogen and oxygen atoms in total. The molecule has 0 aromatic carbocycles. The van der Waals surface area contributed by atoms with Gasteiger partial charge in [0.2, 0.25) is 0 Å². The van der Waals surface area contributed by atoms with E-state index in [2.05, 4.69) is 16.4 Å². The fraction of sp³-hybridized carbons (Fsp3) is 0.455. The first kappa shape index (κ1) is 12.4. The van der Waals surface area contributed by atoms with Gasteiger partial charge in [-0.2, -0.15) is 5.26 Å². The molecule has 0 saturated heterocycles. The molecular formula is C11H15N3O2. The van der Waals surface area contributed by atoms with Crippen molar-refractivity contribution in [2.75, 3.05) is 31.7 Å². The smallest absolute Gasteiger partial charge is 0.144 e. The summed E-state index contributed by atoms with van der Waals surface area (Å²) < 4.78 is 5.09. The molecule has 0 bridgehead atoms. The minimum Gasteiger partial charge on any atom is -0.394 e. The van der Waals surface area contributed by atoms with E-state index >= 15 is 0 Å². The summed E-state index contributed by atoms with van der Waals surface area (Å²) in [5.74, 6) is 0.579. The van der Waals surface area contributed by atoms with Crippen LogP contribution in [0.15, 0.2) is 12.1 Å². The third-order valence-corrected chi connectivity index (χ3v) is 1.93. The Morgan fingerprint density at radius 1 is 1.50 bits per heavy atom. The number of aromatic nitrogens is 1. The molecule has 0 saturated carbocycles. The zero-order chi connectivity index (χ0) is 11.8. The molecule has 2 N–H and O–H groups in total. The Kier molecular flexibility index (Phi) is 5.26. The van der Waals surface area contributed by atoms with Crippen LogP contribution in [-0.2, 0) is 4.74 Å². The number of hydrogen-bond donors (Lipinski definition) is 2. The molecule has 0 spiro atoms. The number of pyridine rings is 1. The van der Waals surface area contributed by atoms with Gasteiger partial charge < -0.3 is 15.2 Å². The maximum atomic E-state index is 8.86. The first-order chi connectivity index (χ1) is 7.77. The fourth-order valence-corrected chi connectivity index (χ4v) is 1.19. The number of aliphatic hydroxyl groups excluding tert-OH is 1. The van der Waals surface area contributed by atoms with Crippen molar-refractivity contribution in [2.24, 2.45) is 0 Å². The molecule has 5 heteroatoms. The van der Waals surface area contributed by atoms with E-state index in [4.69, 9.17) is 15.1 Å². The minimum atomic E-state index is 0.0200. The zero-order valence-electron chi connectivity index (χ0n) is 9.23. The Balaban J connectivity index is 2.46. The molecule has 86 valence electrons. The average Bonchev–Trinajstić information content (AvgIpc) is 2.29. The van der Waals surface area contributed by atoms with Crippen molar-refractivity contribution in [3.63, 3.8) is 0 Å². The highest BCUT2D eigenvalue weighted by molar-refractivity contribution is 5.52. The molecule has 1 heterocycles. The Morgan fingerprint density at radius 3 is 3.00 bits per heavy atom. The number of rotatable bonds is 6. The molecule has 0 aliphatic rings. The molecule has 1 aromatic rings. The van der Waals surface area contributed by atoms with Crippen molar-refractivity contribution in [3.05, 3.63) is 23.4 Å². The minimum absolute atomic E-state index is 0.0200. The normalized spacial score (nSPS) is 9.81. The lowest BCUT2D eigenvalue weighted by molar-refractivity contribution is 0.0992. The first-order valence-corrected chi connectivity index (χ1v) is 5.08. The highest BCUT2D eigenvalue weighted by atomic mass is 16.5. The van der Waals surface area contributed by atoms with Crippen LogP contribution in [0.25, 0.3) is 0 Å². The van der Waals surface area contributed by atoms with Crippen LogP contribution in [0.3, 0.4) is 0 Å². The predicted molar refractivity (Wildman–Crippen MR) is 60.1 cm³/mol. The summed E-state index contributed by atoms with van der Waals surface area (Å²) >= 11 is 0. The van der Waals surface area contributed by atoms with Gasteiger partial charge in [0.25, 0.3) is 0 Å². The van der Waals surface area contributed by atoms with Crippen LogP contribution in [0.5, 0.6) is 0 Å². The molecule has 1 aromatic heterocycles. The van der Waals surface area contributed by atoms with E-state index in [0.717, 1.165) is 5.69 Å². The second-order valence-corrected chi connectivity index (χ2v) is 3.22. The van der Waals surface area contributed by atoms with Gasteiger partial charge in [0, 0.05) is 12.2 Å². The Morgan fingerprint density at radius 2 is 2.31 bits per heavy atom. The summed E-state index contributed by atoms with van der Waals surface area (Å²) in [6, 6.07) is 5.60. The number of aliphatic hydroxyl groups is 1. The number of ether oxygens (including phenoxy) is 1. The standard InChI is InChI=1S/C11H15N3O2/c1-9-2-3-10(8-12)11(14-9)13-4-6-16-7-5-15/h2-3,15H,4-7H2,1H3,(H,13,14). The van der Waals surface area contributed by atoms with Crippen molar-refractivity contribution in [1.29, 1.82) is 5.26 Å². The summed E-state index contributed by atoms with van der Waals surface area (Å²) in [6.07, 6.45) is 0. The number of aryl methyl sites for hydroxylation is 1. The second kappa shape index (κ2) is 6.77. The topological polar surface area (TPSA) is 78.2 Å². The van der Waals surface area contributed by atoms with E-state index in [1.165, 1.54) is 0 Å². The second-order valence-electron chi connectivity index (χ2n) is 3.22. The van der Waals surface area contributed by atoms with Gasteiger partial charge in [0.05, 0.1) is 25.4 Å². The quantitative estimate of drug-likeness (QED) is 0.691. The largest absolute Gasteiger partial charge is 0.394 e. The number of anilines is 1. The van der Waals surface area contributed by atoms with Crippen molar-refractivity contribution in [1.82, 2.24) is 4.98 Å². The molecule has 0 amide bonds. The van der Waals surface area contributed by atoms with E-state index < -0.39 is 0 Å². The molecule has 0 radical (unpaired) electrons. The average molecular weight is 221 g/mol. The van der Waals surface area contributed by atoms with E-state index in [-0.39, 0.29) is 6.61 Å². The molecule has 16 heavy (non-hydrogen) atoms. The van der Waals surface area contributed by atoms with E-state index in [9.17, 15) is 0 Å². The van der Waals surface area contributed by atoms with Crippen LogP contribution in [-0.4, -0.2) is 36.5 Å². The van der Waals surface area contributed by atoms with Crippen LogP contribution in [0.1, 0.15) is 11.3 Å². The van der Waals surface area contributed by atoms with Crippen LogP contribution >= 0.6 is 0 Å². The van der Waals surface area contributed by atoms with Crippen LogP contribution in [0, 0.1) is 18.3 Å². The molecule has 0 atom stereocenters. The summed E-state index contributed by atoms with van der Waals surface area (Å²) in [5, 5.41) is 20.4. The Labute approximate surface area is 94.7 Å². The number of nitrogens with zero attached hydrogens (tertiary/aromatic N) is 2. The molecule has 0 aliphatic heterocycles. The maximum Gasteiger partial charge on any atom is 0.144 e. The molecule has 0 fully saturated rings. The zero-order valence-corrected chi connectivity index (χ0v) is 9.23. The number of nitrogens with one attached hydrogen (secondary N) is 1. The van der Waals surface area contributed by atoms with Gasteiger partial charge in [-0.1, -0.05) is 0 Å². The van der Waals surface area contributed by atoms with Gasteiger partial charge in [-0.3, -0.25) is 0 Å². The van der Waals surface area contributed by atoms with Gasteiger partial charge in [-0.05, 0) is 19.1 Å². The molecular weight excluding hydrogens is 206 g/mol. The lowest BCUT2D eigenvalue weighted by Gasteiger charge is -2.08. The van der Waals surface area contributed by atoms with Crippen molar-refractivity contribution >= 4 is 5.82 Å². The summed E-state index contributed by atoms with van der Waals surface area (Å²) in [4.78, 5) is 4.22. The fourth-order valence-electron chi connectivity index (χ4n) is 1.19. The van der Waals surface area contributed by atoms with Gasteiger partial charge in [-0.15, -0.1) is 0 Å². The monoisotopic (exact) mass is 221 g/mol. The van der Waals surface area contributed by atoms with Crippen molar-refractivity contribution in [3.8, 4) is 6.07 Å². The van der Waals surface area contributed by atoms with Crippen molar-refractivity contribution < 1.29 is 9.84 Å². The third-order valence-electron chi connectivity index (χ3n) is 1.93. The van der Waals surface area contributed by atoms with Gasteiger partial charge in [0.1, 0.15) is 11.9 Å². The lowest BCUT2D eigenvalue weighted by atomic mass is 10.2.